The van der Waals surface area contributed by atoms with Crippen molar-refractivity contribution in [3.05, 3.63) is 82.9 Å². The number of ether oxygens (including phenoxy) is 4. The van der Waals surface area contributed by atoms with Crippen molar-refractivity contribution in [2.45, 2.75) is 26.8 Å². The fourth-order valence-electron chi connectivity index (χ4n) is 4.58. The molecule has 198 valence electrons. The summed E-state index contributed by atoms with van der Waals surface area (Å²) in [6.45, 7) is 6.62. The van der Waals surface area contributed by atoms with Crippen molar-refractivity contribution in [1.82, 2.24) is 0 Å². The van der Waals surface area contributed by atoms with Crippen molar-refractivity contribution in [1.29, 1.82) is 0 Å². The number of ketones is 1. The lowest BCUT2D eigenvalue weighted by atomic mass is 9.94. The monoisotopic (exact) mass is 517 g/mol. The number of carbonyl (C=O) groups is 2. The minimum atomic E-state index is -0.917. The summed E-state index contributed by atoms with van der Waals surface area (Å²) < 4.78 is 22.0. The van der Waals surface area contributed by atoms with E-state index in [0.29, 0.717) is 53.0 Å². The highest BCUT2D eigenvalue weighted by Crippen LogP contribution is 2.44. The Morgan fingerprint density at radius 1 is 0.842 bits per heavy atom. The first-order valence-corrected chi connectivity index (χ1v) is 12.3. The van der Waals surface area contributed by atoms with Crippen LogP contribution in [0.4, 0.5) is 5.69 Å². The molecule has 38 heavy (non-hydrogen) atoms. The Kier molecular flexibility index (Phi) is 7.90. The van der Waals surface area contributed by atoms with Crippen LogP contribution in [0.2, 0.25) is 0 Å². The highest BCUT2D eigenvalue weighted by Gasteiger charge is 2.47. The molecular formula is C30H31NO7. The van der Waals surface area contributed by atoms with E-state index >= 15 is 0 Å². The van der Waals surface area contributed by atoms with E-state index in [4.69, 9.17) is 18.9 Å². The number of nitrogens with zero attached hydrogens (tertiary/aromatic N) is 1. The van der Waals surface area contributed by atoms with Gasteiger partial charge < -0.3 is 24.1 Å². The molecule has 1 amide bonds. The fraction of sp³-hybridized carbons (Fsp3) is 0.267. The molecule has 0 aliphatic carbocycles. The average molecular weight is 518 g/mol. The maximum atomic E-state index is 13.5. The third kappa shape index (κ3) is 4.89. The minimum absolute atomic E-state index is 0.0281. The van der Waals surface area contributed by atoms with Gasteiger partial charge in [-0.05, 0) is 86.5 Å². The summed E-state index contributed by atoms with van der Waals surface area (Å²) in [7, 11) is 3.03. The van der Waals surface area contributed by atoms with Gasteiger partial charge >= 0.3 is 0 Å². The second kappa shape index (κ2) is 11.3. The van der Waals surface area contributed by atoms with E-state index in [2.05, 4.69) is 0 Å². The van der Waals surface area contributed by atoms with Gasteiger partial charge in [0.05, 0.1) is 39.0 Å². The lowest BCUT2D eigenvalue weighted by Gasteiger charge is -2.26. The zero-order chi connectivity index (χ0) is 27.4. The number of carbonyl (C=O) groups excluding carboxylic acids is 2. The van der Waals surface area contributed by atoms with Gasteiger partial charge in [0.1, 0.15) is 17.3 Å². The molecule has 0 saturated carbocycles. The molecule has 1 aliphatic rings. The Bertz CT molecular complexity index is 1380. The number of Topliss-reactive ketones (excluding diaryl/α,β-unsaturated/α-hetero) is 1. The predicted molar refractivity (Wildman–Crippen MR) is 144 cm³/mol. The molecule has 1 fully saturated rings. The van der Waals surface area contributed by atoms with E-state index in [1.165, 1.54) is 19.1 Å². The van der Waals surface area contributed by atoms with Crippen LogP contribution in [0.5, 0.6) is 23.0 Å². The van der Waals surface area contributed by atoms with E-state index in [9.17, 15) is 14.7 Å². The van der Waals surface area contributed by atoms with Gasteiger partial charge in [-0.2, -0.15) is 0 Å². The van der Waals surface area contributed by atoms with Gasteiger partial charge in [0.2, 0.25) is 0 Å². The molecule has 1 atom stereocenters. The third-order valence-electron chi connectivity index (χ3n) is 6.34. The van der Waals surface area contributed by atoms with Crippen molar-refractivity contribution in [2.24, 2.45) is 0 Å². The zero-order valence-electron chi connectivity index (χ0n) is 22.1. The number of hydrogen-bond donors (Lipinski definition) is 1. The van der Waals surface area contributed by atoms with Gasteiger partial charge in [0.15, 0.2) is 11.5 Å². The van der Waals surface area contributed by atoms with Crippen LogP contribution in [0.15, 0.2) is 66.2 Å². The van der Waals surface area contributed by atoms with Gasteiger partial charge in [-0.1, -0.05) is 6.07 Å². The topological polar surface area (TPSA) is 94.5 Å². The Hall–Kier alpha value is -4.46. The second-order valence-electron chi connectivity index (χ2n) is 8.62. The zero-order valence-corrected chi connectivity index (χ0v) is 22.1. The normalized spacial score (nSPS) is 16.4. The molecule has 4 rings (SSSR count). The SMILES string of the molecule is CCOc1ccc(N2C(=O)C(=O)/C(=C(\O)c3ccc(OCC)c(C)c3)C2c2ccc(OC)c(OC)c2)cc1. The van der Waals surface area contributed by atoms with Crippen LogP contribution in [0.25, 0.3) is 5.76 Å². The van der Waals surface area contributed by atoms with Crippen molar-refractivity contribution in [3.63, 3.8) is 0 Å². The van der Waals surface area contributed by atoms with Crippen LogP contribution in [0, 0.1) is 6.92 Å². The number of amides is 1. The number of hydrogen-bond acceptors (Lipinski definition) is 7. The summed E-state index contributed by atoms with van der Waals surface area (Å²) >= 11 is 0. The molecule has 0 spiro atoms. The largest absolute Gasteiger partial charge is 0.507 e. The second-order valence-corrected chi connectivity index (χ2v) is 8.62. The number of aliphatic hydroxyl groups is 1. The highest BCUT2D eigenvalue weighted by molar-refractivity contribution is 6.51. The molecule has 0 bridgehead atoms. The Morgan fingerprint density at radius 3 is 2.11 bits per heavy atom. The Morgan fingerprint density at radius 2 is 1.50 bits per heavy atom. The van der Waals surface area contributed by atoms with Crippen LogP contribution < -0.4 is 23.8 Å². The molecule has 1 aliphatic heterocycles. The minimum Gasteiger partial charge on any atom is -0.507 e. The molecule has 1 saturated heterocycles. The van der Waals surface area contributed by atoms with E-state index in [1.807, 2.05) is 20.8 Å². The van der Waals surface area contributed by atoms with Crippen LogP contribution in [0.3, 0.4) is 0 Å². The summed E-state index contributed by atoms with van der Waals surface area (Å²) in [4.78, 5) is 28.3. The lowest BCUT2D eigenvalue weighted by Crippen LogP contribution is -2.29. The van der Waals surface area contributed by atoms with Crippen molar-refractivity contribution >= 4 is 23.1 Å². The van der Waals surface area contributed by atoms with Crippen molar-refractivity contribution < 1.29 is 33.6 Å². The standard InChI is InChI=1S/C30H31NO7/c1-6-37-22-12-10-21(11-13-22)31-27(19-8-15-24(35-4)25(17-19)36-5)26(29(33)30(31)34)28(32)20-9-14-23(38-7-2)18(3)16-20/h8-17,27,32H,6-7H2,1-5H3/b28-26-. The van der Waals surface area contributed by atoms with Gasteiger partial charge in [0, 0.05) is 11.3 Å². The molecule has 3 aromatic rings. The van der Waals surface area contributed by atoms with Gasteiger partial charge in [-0.3, -0.25) is 14.5 Å². The summed E-state index contributed by atoms with van der Waals surface area (Å²) in [5.74, 6) is 0.426. The van der Waals surface area contributed by atoms with Gasteiger partial charge in [0.25, 0.3) is 11.7 Å². The molecule has 8 heteroatoms. The fourth-order valence-corrected chi connectivity index (χ4v) is 4.58. The summed E-state index contributed by atoms with van der Waals surface area (Å²) in [5, 5.41) is 11.5. The first-order chi connectivity index (χ1) is 18.3. The molecule has 0 aromatic heterocycles. The summed E-state index contributed by atoms with van der Waals surface area (Å²) in [6.07, 6.45) is 0. The number of benzene rings is 3. The molecule has 3 aromatic carbocycles. The lowest BCUT2D eigenvalue weighted by molar-refractivity contribution is -0.132. The Balaban J connectivity index is 1.91. The maximum Gasteiger partial charge on any atom is 0.300 e. The quantitative estimate of drug-likeness (QED) is 0.230. The number of aliphatic hydroxyl groups excluding tert-OH is 1. The summed E-state index contributed by atoms with van der Waals surface area (Å²) in [6, 6.07) is 16.3. The molecule has 1 heterocycles. The van der Waals surface area contributed by atoms with E-state index in [-0.39, 0.29) is 11.3 Å². The molecule has 1 N–H and O–H groups in total. The highest BCUT2D eigenvalue weighted by atomic mass is 16.5. The van der Waals surface area contributed by atoms with Crippen LogP contribution in [0.1, 0.15) is 36.6 Å². The van der Waals surface area contributed by atoms with Crippen LogP contribution >= 0.6 is 0 Å². The van der Waals surface area contributed by atoms with Crippen LogP contribution in [-0.4, -0.2) is 44.2 Å². The molecule has 0 radical (unpaired) electrons. The first kappa shape index (κ1) is 26.6. The van der Waals surface area contributed by atoms with Crippen LogP contribution in [-0.2, 0) is 9.59 Å². The third-order valence-corrected chi connectivity index (χ3v) is 6.34. The number of rotatable bonds is 9. The van der Waals surface area contributed by atoms with Crippen molar-refractivity contribution in [3.8, 4) is 23.0 Å². The molecular weight excluding hydrogens is 486 g/mol. The maximum absolute atomic E-state index is 13.5. The first-order valence-electron chi connectivity index (χ1n) is 12.3. The van der Waals surface area contributed by atoms with Gasteiger partial charge in [-0.15, -0.1) is 0 Å². The average Bonchev–Trinajstić information content (AvgIpc) is 3.19. The number of anilines is 1. The van der Waals surface area contributed by atoms with E-state index in [0.717, 1.165) is 5.56 Å². The van der Waals surface area contributed by atoms with Gasteiger partial charge in [-0.25, -0.2) is 0 Å². The predicted octanol–water partition coefficient (Wildman–Crippen LogP) is 5.44. The van der Waals surface area contributed by atoms with Crippen molar-refractivity contribution in [2.75, 3.05) is 32.3 Å². The summed E-state index contributed by atoms with van der Waals surface area (Å²) in [5.41, 5.74) is 2.22. The smallest absolute Gasteiger partial charge is 0.300 e. The van der Waals surface area contributed by atoms with E-state index in [1.54, 1.807) is 60.7 Å². The van der Waals surface area contributed by atoms with E-state index < -0.39 is 17.7 Å². The Labute approximate surface area is 222 Å². The number of aryl methyl sites for hydroxylation is 1. The molecule has 1 unspecified atom stereocenters. The number of methoxy groups -OCH3 is 2. The molecule has 8 nitrogen and oxygen atoms in total.